The smallest absolute Gasteiger partial charge is 0.293 e. The van der Waals surface area contributed by atoms with E-state index in [1.165, 1.54) is 24.3 Å². The highest BCUT2D eigenvalue weighted by Gasteiger charge is 2.28. The van der Waals surface area contributed by atoms with Crippen molar-refractivity contribution in [2.75, 3.05) is 17.2 Å². The molecule has 27 heavy (non-hydrogen) atoms. The Balaban J connectivity index is 1.65. The third-order valence-electron chi connectivity index (χ3n) is 4.37. The quantitative estimate of drug-likeness (QED) is 0.731. The van der Waals surface area contributed by atoms with E-state index >= 15 is 0 Å². The van der Waals surface area contributed by atoms with Crippen LogP contribution in [0.25, 0.3) is 11.0 Å². The number of anilines is 2. The van der Waals surface area contributed by atoms with Crippen molar-refractivity contribution in [3.63, 3.8) is 0 Å². The summed E-state index contributed by atoms with van der Waals surface area (Å²) in [5.41, 5.74) is 1.19. The maximum absolute atomic E-state index is 13.1. The number of furan rings is 1. The van der Waals surface area contributed by atoms with Gasteiger partial charge < -0.3 is 19.8 Å². The maximum Gasteiger partial charge on any atom is 0.293 e. The topological polar surface area (TPSA) is 80.6 Å². The van der Waals surface area contributed by atoms with Gasteiger partial charge in [0.1, 0.15) is 23.2 Å². The Morgan fingerprint density at radius 2 is 1.81 bits per heavy atom. The van der Waals surface area contributed by atoms with Gasteiger partial charge in [-0.15, -0.1) is 0 Å². The number of nitrogens with one attached hydrogen (secondary N) is 2. The van der Waals surface area contributed by atoms with E-state index in [2.05, 4.69) is 10.6 Å². The van der Waals surface area contributed by atoms with Crippen molar-refractivity contribution in [1.29, 1.82) is 0 Å². The average molecular weight is 368 g/mol. The van der Waals surface area contributed by atoms with Gasteiger partial charge in [0.15, 0.2) is 0 Å². The highest BCUT2D eigenvalue weighted by Crippen LogP contribution is 2.32. The first kappa shape index (κ1) is 17.2. The second-order valence-corrected chi connectivity index (χ2v) is 6.25. The van der Waals surface area contributed by atoms with Gasteiger partial charge in [-0.3, -0.25) is 9.59 Å². The van der Waals surface area contributed by atoms with Gasteiger partial charge in [0.25, 0.3) is 11.8 Å². The Morgan fingerprint density at radius 1 is 1.04 bits per heavy atom. The molecular formula is C20H17FN2O4. The number of amides is 2. The first-order valence-electron chi connectivity index (χ1n) is 8.63. The van der Waals surface area contributed by atoms with Crippen molar-refractivity contribution in [3.05, 3.63) is 60.1 Å². The van der Waals surface area contributed by atoms with E-state index < -0.39 is 17.8 Å². The summed E-state index contributed by atoms with van der Waals surface area (Å²) in [6.07, 6.45) is 0.924. The third-order valence-corrected chi connectivity index (χ3v) is 4.37. The van der Waals surface area contributed by atoms with Crippen molar-refractivity contribution < 1.29 is 23.1 Å². The van der Waals surface area contributed by atoms with Crippen LogP contribution in [-0.2, 0) is 9.53 Å². The number of benzene rings is 2. The molecule has 1 aromatic heterocycles. The Labute approximate surface area is 154 Å². The molecule has 1 fully saturated rings. The minimum atomic E-state index is -0.541. The maximum atomic E-state index is 13.1. The minimum Gasteiger partial charge on any atom is -0.449 e. The second-order valence-electron chi connectivity index (χ2n) is 6.25. The molecule has 1 aliphatic rings. The van der Waals surface area contributed by atoms with Crippen molar-refractivity contribution in [2.45, 2.75) is 18.9 Å². The normalized spacial score (nSPS) is 16.4. The number of fused-ring (bicyclic) bond motifs is 1. The van der Waals surface area contributed by atoms with Crippen LogP contribution in [0.15, 0.2) is 52.9 Å². The lowest BCUT2D eigenvalue weighted by molar-refractivity contribution is -0.124. The van der Waals surface area contributed by atoms with Crippen LogP contribution >= 0.6 is 0 Å². The predicted octanol–water partition coefficient (Wildman–Crippen LogP) is 3.94. The van der Waals surface area contributed by atoms with Gasteiger partial charge in [-0.1, -0.05) is 12.1 Å². The van der Waals surface area contributed by atoms with E-state index in [9.17, 15) is 14.0 Å². The largest absolute Gasteiger partial charge is 0.449 e. The summed E-state index contributed by atoms with van der Waals surface area (Å²) in [5, 5.41) is 6.04. The van der Waals surface area contributed by atoms with Gasteiger partial charge in [-0.05, 0) is 49.2 Å². The molecule has 0 bridgehead atoms. The number of hydrogen-bond acceptors (Lipinski definition) is 4. The molecule has 6 nitrogen and oxygen atoms in total. The summed E-state index contributed by atoms with van der Waals surface area (Å²) in [6.45, 7) is 0.544. The van der Waals surface area contributed by atoms with E-state index in [4.69, 9.17) is 9.15 Å². The first-order chi connectivity index (χ1) is 13.1. The summed E-state index contributed by atoms with van der Waals surface area (Å²) in [7, 11) is 0. The van der Waals surface area contributed by atoms with Crippen LogP contribution in [0.1, 0.15) is 23.4 Å². The number of ether oxygens (including phenoxy) is 1. The minimum absolute atomic E-state index is 0.0214. The molecule has 1 saturated heterocycles. The highest BCUT2D eigenvalue weighted by atomic mass is 19.1. The molecule has 0 saturated carbocycles. The summed E-state index contributed by atoms with van der Waals surface area (Å²) in [5.74, 6) is -1.27. The van der Waals surface area contributed by atoms with Crippen LogP contribution in [0.3, 0.4) is 0 Å². The standard InChI is InChI=1S/C20H17FN2O4/c21-12-7-9-13(10-8-12)22-20(25)18-17(14-4-1-2-5-15(14)27-18)23-19(24)16-6-3-11-26-16/h1-2,4-5,7-10,16H,3,6,11H2,(H,22,25)(H,23,24)/t16-/m1/s1. The van der Waals surface area contributed by atoms with Gasteiger partial charge in [-0.2, -0.15) is 0 Å². The van der Waals surface area contributed by atoms with Crippen molar-refractivity contribution >= 4 is 34.2 Å². The van der Waals surface area contributed by atoms with Crippen LogP contribution in [-0.4, -0.2) is 24.5 Å². The van der Waals surface area contributed by atoms with E-state index in [1.807, 2.05) is 0 Å². The Bertz CT molecular complexity index is 991. The van der Waals surface area contributed by atoms with E-state index in [-0.39, 0.29) is 11.7 Å². The van der Waals surface area contributed by atoms with Gasteiger partial charge >= 0.3 is 0 Å². The number of halogens is 1. The number of para-hydroxylation sites is 1. The van der Waals surface area contributed by atoms with Crippen LogP contribution in [0.2, 0.25) is 0 Å². The molecule has 1 atom stereocenters. The zero-order chi connectivity index (χ0) is 18.8. The van der Waals surface area contributed by atoms with Crippen molar-refractivity contribution in [3.8, 4) is 0 Å². The first-order valence-corrected chi connectivity index (χ1v) is 8.63. The number of carbonyl (C=O) groups is 2. The molecule has 4 rings (SSSR count). The second kappa shape index (κ2) is 7.20. The fraction of sp³-hybridized carbons (Fsp3) is 0.200. The molecule has 0 radical (unpaired) electrons. The van der Waals surface area contributed by atoms with Crippen LogP contribution in [0.5, 0.6) is 0 Å². The lowest BCUT2D eigenvalue weighted by Crippen LogP contribution is -2.27. The number of rotatable bonds is 4. The molecule has 3 aromatic rings. The van der Waals surface area contributed by atoms with E-state index in [1.54, 1.807) is 24.3 Å². The molecule has 0 aliphatic carbocycles. The van der Waals surface area contributed by atoms with Crippen LogP contribution in [0.4, 0.5) is 15.8 Å². The summed E-state index contributed by atoms with van der Waals surface area (Å²) in [6, 6.07) is 12.4. The highest BCUT2D eigenvalue weighted by molar-refractivity contribution is 6.15. The third kappa shape index (κ3) is 3.54. The molecule has 0 unspecified atom stereocenters. The summed E-state index contributed by atoms with van der Waals surface area (Å²) >= 11 is 0. The fourth-order valence-corrected chi connectivity index (χ4v) is 3.04. The van der Waals surface area contributed by atoms with Crippen molar-refractivity contribution in [1.82, 2.24) is 0 Å². The number of hydrogen-bond donors (Lipinski definition) is 2. The van der Waals surface area contributed by atoms with Gasteiger partial charge in [-0.25, -0.2) is 4.39 Å². The SMILES string of the molecule is O=C(Nc1ccc(F)cc1)c1oc2ccccc2c1NC(=O)[C@H]1CCCO1. The molecule has 1 aliphatic heterocycles. The summed E-state index contributed by atoms with van der Waals surface area (Å²) in [4.78, 5) is 25.2. The van der Waals surface area contributed by atoms with Crippen LogP contribution < -0.4 is 10.6 Å². The van der Waals surface area contributed by atoms with Crippen LogP contribution in [0, 0.1) is 5.82 Å². The van der Waals surface area contributed by atoms with Gasteiger partial charge in [0.2, 0.25) is 5.76 Å². The Morgan fingerprint density at radius 3 is 2.56 bits per heavy atom. The van der Waals surface area contributed by atoms with E-state index in [0.717, 1.165) is 6.42 Å². The zero-order valence-corrected chi connectivity index (χ0v) is 14.3. The molecule has 0 spiro atoms. The zero-order valence-electron chi connectivity index (χ0n) is 14.3. The lowest BCUT2D eigenvalue weighted by atomic mass is 10.2. The fourth-order valence-electron chi connectivity index (χ4n) is 3.04. The van der Waals surface area contributed by atoms with Gasteiger partial charge in [0.05, 0.1) is 0 Å². The average Bonchev–Trinajstić information content (AvgIpc) is 3.32. The predicted molar refractivity (Wildman–Crippen MR) is 98.2 cm³/mol. The van der Waals surface area contributed by atoms with Crippen molar-refractivity contribution in [2.24, 2.45) is 0 Å². The molecular weight excluding hydrogens is 351 g/mol. The Hall–Kier alpha value is -3.19. The number of carbonyl (C=O) groups excluding carboxylic acids is 2. The molecule has 2 heterocycles. The molecule has 2 aromatic carbocycles. The summed E-state index contributed by atoms with van der Waals surface area (Å²) < 4.78 is 24.1. The molecule has 138 valence electrons. The Kier molecular flexibility index (Phi) is 4.60. The molecule has 2 N–H and O–H groups in total. The molecule has 7 heteroatoms. The van der Waals surface area contributed by atoms with Gasteiger partial charge in [0, 0.05) is 17.7 Å². The lowest BCUT2D eigenvalue weighted by Gasteiger charge is -2.11. The molecule has 2 amide bonds. The van der Waals surface area contributed by atoms with E-state index in [0.29, 0.717) is 35.4 Å². The monoisotopic (exact) mass is 368 g/mol.